The Labute approximate surface area is 106 Å². The van der Waals surface area contributed by atoms with Crippen LogP contribution in [0.15, 0.2) is 6.20 Å². The maximum absolute atomic E-state index is 10.6. The molecule has 0 aliphatic rings. The lowest BCUT2D eigenvalue weighted by atomic mass is 10.3. The molecule has 0 radical (unpaired) electrons. The number of carbonyl (C=O) groups is 1. The second kappa shape index (κ2) is 7.07. The number of carboxylic acid groups (broad SMARTS) is 1. The highest BCUT2D eigenvalue weighted by Crippen LogP contribution is 2.01. The fourth-order valence-electron chi connectivity index (χ4n) is 1.64. The molecule has 7 nitrogen and oxygen atoms in total. The van der Waals surface area contributed by atoms with Gasteiger partial charge in [0.25, 0.3) is 0 Å². The van der Waals surface area contributed by atoms with Gasteiger partial charge in [-0.3, -0.25) is 9.58 Å². The molecule has 1 aromatic heterocycles. The van der Waals surface area contributed by atoms with Crippen LogP contribution in [0.4, 0.5) is 0 Å². The first-order chi connectivity index (χ1) is 8.54. The maximum Gasteiger partial charge on any atom is 0.358 e. The molecule has 0 unspecified atom stereocenters. The number of nitrogens with zero attached hydrogens (tertiary/aromatic N) is 4. The minimum absolute atomic E-state index is 0.0403. The second-order valence-corrected chi connectivity index (χ2v) is 4.38. The number of hydrogen-bond acceptors (Lipinski definition) is 5. The molecule has 0 aliphatic heterocycles. The molecule has 7 heteroatoms. The predicted molar refractivity (Wildman–Crippen MR) is 65.4 cm³/mol. The van der Waals surface area contributed by atoms with E-state index in [-0.39, 0.29) is 12.3 Å². The minimum Gasteiger partial charge on any atom is -0.476 e. The standard InChI is InChI=1S/C11H20N4O3/c1-9(2)14(4-3-7-16)5-6-15-8-10(11(17)18)12-13-15/h8-9,16H,3-7H2,1-2H3,(H,17,18). The zero-order chi connectivity index (χ0) is 13.5. The summed E-state index contributed by atoms with van der Waals surface area (Å²) in [4.78, 5) is 12.9. The monoisotopic (exact) mass is 256 g/mol. The molecule has 0 bridgehead atoms. The van der Waals surface area contributed by atoms with Crippen LogP contribution < -0.4 is 0 Å². The maximum atomic E-state index is 10.6. The van der Waals surface area contributed by atoms with Gasteiger partial charge in [-0.1, -0.05) is 5.21 Å². The average molecular weight is 256 g/mol. The van der Waals surface area contributed by atoms with Gasteiger partial charge in [-0.05, 0) is 20.3 Å². The van der Waals surface area contributed by atoms with E-state index >= 15 is 0 Å². The Morgan fingerprint density at radius 3 is 2.72 bits per heavy atom. The summed E-state index contributed by atoms with van der Waals surface area (Å²) < 4.78 is 1.53. The first-order valence-corrected chi connectivity index (χ1v) is 6.03. The Morgan fingerprint density at radius 2 is 2.22 bits per heavy atom. The van der Waals surface area contributed by atoms with Crippen LogP contribution in [0.3, 0.4) is 0 Å². The molecular formula is C11H20N4O3. The average Bonchev–Trinajstić information content (AvgIpc) is 2.77. The van der Waals surface area contributed by atoms with E-state index in [0.717, 1.165) is 19.5 Å². The van der Waals surface area contributed by atoms with Gasteiger partial charge >= 0.3 is 5.97 Å². The van der Waals surface area contributed by atoms with Crippen molar-refractivity contribution >= 4 is 5.97 Å². The van der Waals surface area contributed by atoms with Gasteiger partial charge in [-0.15, -0.1) is 5.10 Å². The number of rotatable bonds is 8. The molecular weight excluding hydrogens is 236 g/mol. The molecule has 0 atom stereocenters. The molecule has 0 fully saturated rings. The first-order valence-electron chi connectivity index (χ1n) is 6.03. The zero-order valence-electron chi connectivity index (χ0n) is 10.8. The van der Waals surface area contributed by atoms with E-state index in [1.165, 1.54) is 10.9 Å². The molecule has 1 aromatic rings. The summed E-state index contributed by atoms with van der Waals surface area (Å²) in [7, 11) is 0. The lowest BCUT2D eigenvalue weighted by Gasteiger charge is -2.25. The zero-order valence-corrected chi connectivity index (χ0v) is 10.8. The van der Waals surface area contributed by atoms with E-state index in [0.29, 0.717) is 12.6 Å². The van der Waals surface area contributed by atoms with E-state index in [9.17, 15) is 4.79 Å². The van der Waals surface area contributed by atoms with Crippen LogP contribution in [0, 0.1) is 0 Å². The molecule has 0 aliphatic carbocycles. The van der Waals surface area contributed by atoms with Gasteiger partial charge in [0, 0.05) is 25.7 Å². The van der Waals surface area contributed by atoms with Crippen molar-refractivity contribution in [2.24, 2.45) is 0 Å². The molecule has 1 heterocycles. The smallest absolute Gasteiger partial charge is 0.358 e. The molecule has 18 heavy (non-hydrogen) atoms. The Bertz CT molecular complexity index is 378. The van der Waals surface area contributed by atoms with Crippen molar-refractivity contribution in [1.29, 1.82) is 0 Å². The van der Waals surface area contributed by atoms with Gasteiger partial charge in [0.1, 0.15) is 0 Å². The molecule has 0 saturated heterocycles. The fourth-order valence-corrected chi connectivity index (χ4v) is 1.64. The highest BCUT2D eigenvalue weighted by molar-refractivity contribution is 5.84. The van der Waals surface area contributed by atoms with E-state index in [1.54, 1.807) is 0 Å². The van der Waals surface area contributed by atoms with Crippen molar-refractivity contribution in [2.45, 2.75) is 32.9 Å². The van der Waals surface area contributed by atoms with Gasteiger partial charge in [0.2, 0.25) is 0 Å². The number of carboxylic acids is 1. The molecule has 1 rings (SSSR count). The van der Waals surface area contributed by atoms with E-state index < -0.39 is 5.97 Å². The van der Waals surface area contributed by atoms with E-state index in [4.69, 9.17) is 10.2 Å². The number of aromatic nitrogens is 3. The molecule has 102 valence electrons. The van der Waals surface area contributed by atoms with Crippen LogP contribution in [0.25, 0.3) is 0 Å². The van der Waals surface area contributed by atoms with Crippen molar-refractivity contribution in [3.05, 3.63) is 11.9 Å². The lowest BCUT2D eigenvalue weighted by Crippen LogP contribution is -2.35. The molecule has 0 amide bonds. The molecule has 0 saturated carbocycles. The summed E-state index contributed by atoms with van der Waals surface area (Å²) in [5.41, 5.74) is -0.0403. The number of aliphatic hydroxyl groups excluding tert-OH is 1. The topological polar surface area (TPSA) is 91.5 Å². The Balaban J connectivity index is 2.47. The van der Waals surface area contributed by atoms with Gasteiger partial charge in [-0.25, -0.2) is 4.79 Å². The Hall–Kier alpha value is -1.47. The van der Waals surface area contributed by atoms with Gasteiger partial charge in [0.05, 0.1) is 12.7 Å². The van der Waals surface area contributed by atoms with Crippen LogP contribution in [0.1, 0.15) is 30.8 Å². The van der Waals surface area contributed by atoms with Crippen LogP contribution in [-0.4, -0.2) is 61.8 Å². The van der Waals surface area contributed by atoms with Crippen molar-refractivity contribution < 1.29 is 15.0 Å². The summed E-state index contributed by atoms with van der Waals surface area (Å²) in [6.45, 7) is 6.50. The normalized spacial score (nSPS) is 11.4. The number of aromatic carboxylic acids is 1. The van der Waals surface area contributed by atoms with Crippen molar-refractivity contribution in [1.82, 2.24) is 19.9 Å². The Morgan fingerprint density at radius 1 is 1.50 bits per heavy atom. The molecule has 2 N–H and O–H groups in total. The quantitative estimate of drug-likeness (QED) is 0.684. The van der Waals surface area contributed by atoms with Gasteiger partial charge in [0.15, 0.2) is 5.69 Å². The second-order valence-electron chi connectivity index (χ2n) is 4.38. The first kappa shape index (κ1) is 14.6. The van der Waals surface area contributed by atoms with Crippen LogP contribution >= 0.6 is 0 Å². The van der Waals surface area contributed by atoms with Crippen LogP contribution in [0.5, 0.6) is 0 Å². The number of hydrogen-bond donors (Lipinski definition) is 2. The summed E-state index contributed by atoms with van der Waals surface area (Å²) in [5, 5.41) is 24.9. The third-order valence-electron chi connectivity index (χ3n) is 2.71. The van der Waals surface area contributed by atoms with Crippen molar-refractivity contribution in [2.75, 3.05) is 19.7 Å². The summed E-state index contributed by atoms with van der Waals surface area (Å²) in [6, 6.07) is 0.374. The summed E-state index contributed by atoms with van der Waals surface area (Å²) in [5.74, 6) is -1.07. The van der Waals surface area contributed by atoms with E-state index in [2.05, 4.69) is 29.1 Å². The highest BCUT2D eigenvalue weighted by Gasteiger charge is 2.11. The van der Waals surface area contributed by atoms with Gasteiger partial charge < -0.3 is 10.2 Å². The molecule has 0 aromatic carbocycles. The van der Waals surface area contributed by atoms with E-state index in [1.807, 2.05) is 0 Å². The van der Waals surface area contributed by atoms with Crippen LogP contribution in [-0.2, 0) is 6.54 Å². The summed E-state index contributed by atoms with van der Waals surface area (Å²) >= 11 is 0. The largest absolute Gasteiger partial charge is 0.476 e. The minimum atomic E-state index is -1.07. The predicted octanol–water partition coefficient (Wildman–Crippen LogP) is 0.0691. The SMILES string of the molecule is CC(C)N(CCCO)CCn1cc(C(=O)O)nn1. The molecule has 0 spiro atoms. The van der Waals surface area contributed by atoms with Crippen molar-refractivity contribution in [3.63, 3.8) is 0 Å². The summed E-state index contributed by atoms with van der Waals surface area (Å²) in [6.07, 6.45) is 2.16. The highest BCUT2D eigenvalue weighted by atomic mass is 16.4. The fraction of sp³-hybridized carbons (Fsp3) is 0.727. The van der Waals surface area contributed by atoms with Crippen LogP contribution in [0.2, 0.25) is 0 Å². The third kappa shape index (κ3) is 4.42. The van der Waals surface area contributed by atoms with Crippen molar-refractivity contribution in [3.8, 4) is 0 Å². The third-order valence-corrected chi connectivity index (χ3v) is 2.71. The lowest BCUT2D eigenvalue weighted by molar-refractivity contribution is 0.0690. The Kier molecular flexibility index (Phi) is 5.73. The van der Waals surface area contributed by atoms with Gasteiger partial charge in [-0.2, -0.15) is 0 Å². The number of aliphatic hydroxyl groups is 1.